The molecule has 6 N–H and O–H groups in total. The van der Waals surface area contributed by atoms with Crippen molar-refractivity contribution in [1.82, 2.24) is 0 Å². The normalized spacial score (nSPS) is 21.9. The van der Waals surface area contributed by atoms with Crippen molar-refractivity contribution in [2.75, 3.05) is 18.1 Å². The van der Waals surface area contributed by atoms with Gasteiger partial charge in [-0.3, -0.25) is 14.5 Å². The molecule has 4 atom stereocenters. The Morgan fingerprint density at radius 2 is 1.88 bits per heavy atom. The Morgan fingerprint density at radius 3 is 2.51 bits per heavy atom. The molecule has 0 radical (unpaired) electrons. The first-order chi connectivity index (χ1) is 19.6. The molecule has 1 saturated heterocycles. The molecule has 4 rings (SSSR count). The van der Waals surface area contributed by atoms with Crippen molar-refractivity contribution in [3.05, 3.63) is 69.8 Å². The molecule has 2 aromatic carbocycles. The zero-order chi connectivity index (χ0) is 29.8. The lowest BCUT2D eigenvalue weighted by atomic mass is 9.68. The maximum atomic E-state index is 13.6. The third kappa shape index (κ3) is 6.43. The first-order valence-corrected chi connectivity index (χ1v) is 14.1. The van der Waals surface area contributed by atoms with Crippen LogP contribution in [0.25, 0.3) is 6.08 Å². The molecule has 0 spiro atoms. The summed E-state index contributed by atoms with van der Waals surface area (Å²) in [6.45, 7) is 1.10. The largest absolute Gasteiger partial charge is 0.508 e. The minimum Gasteiger partial charge on any atom is -0.508 e. The van der Waals surface area contributed by atoms with E-state index >= 15 is 0 Å². The number of nitrogens with zero attached hydrogens (tertiary/aromatic N) is 1. The molecule has 0 unspecified atom stereocenters. The van der Waals surface area contributed by atoms with Gasteiger partial charge in [-0.2, -0.15) is 0 Å². The fourth-order valence-corrected chi connectivity index (χ4v) is 6.33. The van der Waals surface area contributed by atoms with Gasteiger partial charge in [-0.1, -0.05) is 48.7 Å². The number of fused-ring (bicyclic) bond motifs is 1. The quantitative estimate of drug-likeness (QED) is 0.133. The van der Waals surface area contributed by atoms with E-state index in [9.17, 15) is 40.1 Å². The molecule has 9 nitrogen and oxygen atoms in total. The molecular formula is C30H35BClNO8. The summed E-state index contributed by atoms with van der Waals surface area (Å²) in [5.74, 6) is -3.61. The van der Waals surface area contributed by atoms with Gasteiger partial charge in [0.15, 0.2) is 0 Å². The van der Waals surface area contributed by atoms with E-state index < -0.39 is 56.0 Å². The van der Waals surface area contributed by atoms with Crippen LogP contribution >= 0.6 is 11.6 Å². The summed E-state index contributed by atoms with van der Waals surface area (Å²) in [6.07, 6.45) is 3.25. The van der Waals surface area contributed by atoms with Crippen LogP contribution in [0.5, 0.6) is 5.75 Å². The predicted octanol–water partition coefficient (Wildman–Crippen LogP) is 2.16. The van der Waals surface area contributed by atoms with E-state index in [2.05, 4.69) is 0 Å². The van der Waals surface area contributed by atoms with Gasteiger partial charge in [-0.05, 0) is 78.2 Å². The van der Waals surface area contributed by atoms with Crippen molar-refractivity contribution in [2.24, 2.45) is 17.8 Å². The van der Waals surface area contributed by atoms with E-state index in [-0.39, 0.29) is 29.7 Å². The van der Waals surface area contributed by atoms with Crippen LogP contribution in [0.2, 0.25) is 5.02 Å². The number of aliphatic hydroxyl groups excluding tert-OH is 3. The lowest BCUT2D eigenvalue weighted by Gasteiger charge is -2.36. The van der Waals surface area contributed by atoms with Gasteiger partial charge in [0.25, 0.3) is 0 Å². The smallest absolute Gasteiger partial charge is 0.488 e. The van der Waals surface area contributed by atoms with E-state index in [0.29, 0.717) is 22.6 Å². The fraction of sp³-hybridized carbons (Fsp3) is 0.400. The standard InChI is InChI=1S/C30H35BClNO8/c1-2-4-17(11-18-8-9-22(36)14-25(18)32)7-10-26(37)27-19(15-34)12-23-28(24(27)16-35)30(39)33(29(23)38)21-6-3-5-20(13-21)31(40)41/h3,5-6,8-9,11,13-14,23-24,26,28,34-37,40-41H,2,4,7,10,12,15-16H2,1H3/b17-11+/t23-,24+,26-,28-/m1/s1. The lowest BCUT2D eigenvalue weighted by molar-refractivity contribution is -0.123. The fourth-order valence-electron chi connectivity index (χ4n) is 6.11. The number of amides is 2. The maximum absolute atomic E-state index is 13.6. The van der Waals surface area contributed by atoms with Crippen molar-refractivity contribution in [3.63, 3.8) is 0 Å². The highest BCUT2D eigenvalue weighted by molar-refractivity contribution is 6.58. The number of carbonyl (C=O) groups excluding carboxylic acids is 2. The molecule has 1 aliphatic carbocycles. The van der Waals surface area contributed by atoms with Crippen molar-refractivity contribution in [3.8, 4) is 5.75 Å². The first-order valence-electron chi connectivity index (χ1n) is 13.7. The van der Waals surface area contributed by atoms with Gasteiger partial charge >= 0.3 is 7.12 Å². The third-order valence-electron chi connectivity index (χ3n) is 8.01. The van der Waals surface area contributed by atoms with E-state index in [0.717, 1.165) is 28.9 Å². The average Bonchev–Trinajstić information content (AvgIpc) is 3.20. The molecule has 11 heteroatoms. The second-order valence-corrected chi connectivity index (χ2v) is 11.0. The molecule has 2 aliphatic rings. The topological polar surface area (TPSA) is 159 Å². The van der Waals surface area contributed by atoms with Gasteiger partial charge in [0, 0.05) is 5.92 Å². The van der Waals surface area contributed by atoms with Crippen LogP contribution < -0.4 is 10.4 Å². The summed E-state index contributed by atoms with van der Waals surface area (Å²) in [6, 6.07) is 10.6. The van der Waals surface area contributed by atoms with E-state index in [1.54, 1.807) is 12.1 Å². The van der Waals surface area contributed by atoms with Crippen LogP contribution in [-0.4, -0.2) is 68.7 Å². The number of allylic oxidation sites excluding steroid dienone is 1. The number of hydrogen-bond donors (Lipinski definition) is 6. The molecule has 1 fully saturated rings. The van der Waals surface area contributed by atoms with Gasteiger partial charge < -0.3 is 30.5 Å². The molecule has 218 valence electrons. The summed E-state index contributed by atoms with van der Waals surface area (Å²) in [4.78, 5) is 28.1. The van der Waals surface area contributed by atoms with E-state index in [1.807, 2.05) is 13.0 Å². The number of carbonyl (C=O) groups is 2. The van der Waals surface area contributed by atoms with E-state index in [1.165, 1.54) is 30.3 Å². The molecule has 0 aromatic heterocycles. The lowest BCUT2D eigenvalue weighted by Crippen LogP contribution is -2.39. The third-order valence-corrected chi connectivity index (χ3v) is 8.34. The Kier molecular flexibility index (Phi) is 10.1. The van der Waals surface area contributed by atoms with Gasteiger partial charge in [-0.25, -0.2) is 0 Å². The molecule has 2 amide bonds. The molecule has 0 bridgehead atoms. The second-order valence-electron chi connectivity index (χ2n) is 10.6. The highest BCUT2D eigenvalue weighted by Crippen LogP contribution is 2.47. The molecular weight excluding hydrogens is 549 g/mol. The highest BCUT2D eigenvalue weighted by atomic mass is 35.5. The molecule has 2 aromatic rings. The zero-order valence-electron chi connectivity index (χ0n) is 22.8. The van der Waals surface area contributed by atoms with Crippen molar-refractivity contribution in [1.29, 1.82) is 0 Å². The number of aliphatic hydroxyl groups is 3. The first kappa shape index (κ1) is 31.0. The van der Waals surface area contributed by atoms with Crippen LogP contribution in [-0.2, 0) is 9.59 Å². The Labute approximate surface area is 244 Å². The van der Waals surface area contributed by atoms with Gasteiger partial charge in [0.2, 0.25) is 11.8 Å². The van der Waals surface area contributed by atoms with Crippen LogP contribution in [0.3, 0.4) is 0 Å². The highest BCUT2D eigenvalue weighted by Gasteiger charge is 2.55. The predicted molar refractivity (Wildman–Crippen MR) is 156 cm³/mol. The average molecular weight is 584 g/mol. The van der Waals surface area contributed by atoms with Crippen molar-refractivity contribution >= 4 is 47.8 Å². The number of halogens is 1. The van der Waals surface area contributed by atoms with E-state index in [4.69, 9.17) is 11.6 Å². The number of phenols is 1. The number of aromatic hydroxyl groups is 1. The Morgan fingerprint density at radius 1 is 1.12 bits per heavy atom. The summed E-state index contributed by atoms with van der Waals surface area (Å²) in [5, 5.41) is 61.2. The molecule has 1 aliphatic heterocycles. The van der Waals surface area contributed by atoms with Crippen LogP contribution in [0, 0.1) is 17.8 Å². The molecule has 1 heterocycles. The number of rotatable bonds is 11. The van der Waals surface area contributed by atoms with Crippen LogP contribution in [0.4, 0.5) is 5.69 Å². The SMILES string of the molecule is CCC/C(=C\c1ccc(O)cc1Cl)CC[C@@H](O)C1=C(CO)C[C@H]2C(=O)N(c3cccc(B(O)O)c3)C(=O)[C@H]2[C@H]1CO. The summed E-state index contributed by atoms with van der Waals surface area (Å²) in [5.41, 5.74) is 2.88. The number of imide groups is 1. The molecule has 41 heavy (non-hydrogen) atoms. The van der Waals surface area contributed by atoms with Gasteiger partial charge in [-0.15, -0.1) is 0 Å². The summed E-state index contributed by atoms with van der Waals surface area (Å²) in [7, 11) is -1.78. The number of benzene rings is 2. The molecule has 0 saturated carbocycles. The zero-order valence-corrected chi connectivity index (χ0v) is 23.5. The minimum absolute atomic E-state index is 0.0610. The number of phenolic OH excluding ortho intramolecular Hbond substituents is 1. The van der Waals surface area contributed by atoms with Crippen molar-refractivity contribution < 1.29 is 40.1 Å². The van der Waals surface area contributed by atoms with Gasteiger partial charge in [0.1, 0.15) is 5.75 Å². The monoisotopic (exact) mass is 583 g/mol. The van der Waals surface area contributed by atoms with Gasteiger partial charge in [0.05, 0.1) is 41.9 Å². The minimum atomic E-state index is -1.78. The second kappa shape index (κ2) is 13.3. The Balaban J connectivity index is 1.59. The number of hydrogen-bond acceptors (Lipinski definition) is 8. The summed E-state index contributed by atoms with van der Waals surface area (Å²) >= 11 is 6.29. The maximum Gasteiger partial charge on any atom is 0.488 e. The Bertz CT molecular complexity index is 1360. The van der Waals surface area contributed by atoms with Crippen LogP contribution in [0.15, 0.2) is 59.2 Å². The summed E-state index contributed by atoms with van der Waals surface area (Å²) < 4.78 is 0. The Hall–Kier alpha value is -2.99. The number of anilines is 1. The van der Waals surface area contributed by atoms with Crippen molar-refractivity contribution in [2.45, 2.75) is 45.1 Å². The van der Waals surface area contributed by atoms with Crippen LogP contribution in [0.1, 0.15) is 44.6 Å².